The van der Waals surface area contributed by atoms with Crippen molar-refractivity contribution in [1.29, 1.82) is 5.26 Å². The molecule has 1 amide bonds. The Kier molecular flexibility index (Phi) is 8.30. The highest BCUT2D eigenvalue weighted by molar-refractivity contribution is 6.74. The molecule has 1 N–H and O–H groups in total. The Balaban J connectivity index is 5.10. The number of carbonyl (C=O) groups excluding carboxylic acids is 1. The average molecular weight is 329 g/mol. The molecule has 0 aliphatic rings. The van der Waals surface area contributed by atoms with E-state index >= 15 is 0 Å². The summed E-state index contributed by atoms with van der Waals surface area (Å²) in [4.78, 5) is 11.4. The van der Waals surface area contributed by atoms with Crippen molar-refractivity contribution < 1.29 is 14.0 Å². The number of amides is 1. The number of carbonyl (C=O) groups is 1. The van der Waals surface area contributed by atoms with Crippen LogP contribution in [-0.4, -0.2) is 33.2 Å². The van der Waals surface area contributed by atoms with Gasteiger partial charge in [-0.05, 0) is 31.5 Å². The largest absolute Gasteiger partial charge is 0.413 e. The van der Waals surface area contributed by atoms with Crippen LogP contribution < -0.4 is 5.32 Å². The zero-order valence-corrected chi connectivity index (χ0v) is 16.3. The van der Waals surface area contributed by atoms with Crippen molar-refractivity contribution in [3.63, 3.8) is 0 Å². The number of nitrogens with one attached hydrogen (secondary N) is 1. The first-order valence-corrected chi connectivity index (χ1v) is 10.8. The summed E-state index contributed by atoms with van der Waals surface area (Å²) in [7, 11) is -1.98. The van der Waals surface area contributed by atoms with Crippen LogP contribution in [0, 0.1) is 17.2 Å². The lowest BCUT2D eigenvalue weighted by Gasteiger charge is -2.40. The molecule has 0 aliphatic heterocycles. The predicted molar refractivity (Wildman–Crippen MR) is 90.7 cm³/mol. The van der Waals surface area contributed by atoms with Crippen molar-refractivity contribution in [2.24, 2.45) is 5.92 Å². The smallest absolute Gasteiger partial charge is 0.218 e. The quantitative estimate of drug-likeness (QED) is 0.547. The summed E-state index contributed by atoms with van der Waals surface area (Å²) in [5.74, 6) is -0.745. The van der Waals surface area contributed by atoms with Gasteiger partial charge in [-0.25, -0.2) is 0 Å². The van der Waals surface area contributed by atoms with Crippen LogP contribution in [0.3, 0.4) is 0 Å². The van der Waals surface area contributed by atoms with E-state index in [4.69, 9.17) is 9.16 Å². The minimum Gasteiger partial charge on any atom is -0.413 e. The lowest BCUT2D eigenvalue weighted by atomic mass is 10.0. The second kappa shape index (κ2) is 8.66. The number of nitrogens with zero attached hydrogens (tertiary/aromatic N) is 1. The number of nitriles is 1. The first-order valence-electron chi connectivity index (χ1n) is 7.92. The summed E-state index contributed by atoms with van der Waals surface area (Å²) in [5, 5.41) is 12.3. The Morgan fingerprint density at radius 2 is 1.91 bits per heavy atom. The molecule has 0 aliphatic carbocycles. The van der Waals surface area contributed by atoms with Crippen molar-refractivity contribution in [3.8, 4) is 6.07 Å². The van der Waals surface area contributed by atoms with E-state index in [1.54, 1.807) is 0 Å². The van der Waals surface area contributed by atoms with Gasteiger partial charge in [0.2, 0.25) is 5.91 Å². The fraction of sp³-hybridized carbons (Fsp3) is 0.875. The highest BCUT2D eigenvalue weighted by atomic mass is 28.4. The average Bonchev–Trinajstić information content (AvgIpc) is 2.33. The molecule has 128 valence electrons. The van der Waals surface area contributed by atoms with Crippen LogP contribution in [0.5, 0.6) is 0 Å². The molecular weight excluding hydrogens is 296 g/mol. The molecule has 0 aromatic rings. The molecule has 6 heteroatoms. The van der Waals surface area contributed by atoms with Crippen LogP contribution >= 0.6 is 0 Å². The third kappa shape index (κ3) is 6.47. The van der Waals surface area contributed by atoms with Crippen molar-refractivity contribution in [2.75, 3.05) is 6.61 Å². The van der Waals surface area contributed by atoms with Gasteiger partial charge in [0.25, 0.3) is 0 Å². The molecule has 0 fully saturated rings. The standard InChI is InChI=1S/C16H32N2O3Si/c1-9-10-20-15(18-13(3)19)14(11-17)12(2)21-22(7,8)16(4,5)6/h12,14-15H,9-10H2,1-8H3,(H,18,19)/t12-,14-,15+/m1/s1. The first-order chi connectivity index (χ1) is 9.96. The Hall–Kier alpha value is -0.903. The van der Waals surface area contributed by atoms with Crippen LogP contribution in [0.4, 0.5) is 0 Å². The van der Waals surface area contributed by atoms with Gasteiger partial charge in [0.05, 0.1) is 12.2 Å². The Labute approximate surface area is 136 Å². The zero-order chi connectivity index (χ0) is 17.6. The highest BCUT2D eigenvalue weighted by Crippen LogP contribution is 2.38. The molecule has 0 bridgehead atoms. The lowest BCUT2D eigenvalue weighted by molar-refractivity contribution is -0.125. The second-order valence-electron chi connectivity index (χ2n) is 7.23. The van der Waals surface area contributed by atoms with E-state index in [1.165, 1.54) is 6.92 Å². The summed E-state index contributed by atoms with van der Waals surface area (Å²) in [5.41, 5.74) is 0. The van der Waals surface area contributed by atoms with E-state index in [1.807, 2.05) is 13.8 Å². The molecule has 0 heterocycles. The van der Waals surface area contributed by atoms with Crippen LogP contribution in [0.2, 0.25) is 18.1 Å². The lowest BCUT2D eigenvalue weighted by Crippen LogP contribution is -2.50. The van der Waals surface area contributed by atoms with Gasteiger partial charge in [-0.15, -0.1) is 0 Å². The van der Waals surface area contributed by atoms with Gasteiger partial charge in [-0.1, -0.05) is 27.7 Å². The summed E-state index contributed by atoms with van der Waals surface area (Å²) in [6.45, 7) is 16.6. The van der Waals surface area contributed by atoms with E-state index < -0.39 is 20.5 Å². The van der Waals surface area contributed by atoms with E-state index in [0.717, 1.165) is 6.42 Å². The van der Waals surface area contributed by atoms with Gasteiger partial charge in [0.15, 0.2) is 8.32 Å². The second-order valence-corrected chi connectivity index (χ2v) is 12.0. The minimum atomic E-state index is -1.98. The van der Waals surface area contributed by atoms with Crippen molar-refractivity contribution in [1.82, 2.24) is 5.32 Å². The molecule has 5 nitrogen and oxygen atoms in total. The molecule has 0 saturated carbocycles. The third-order valence-corrected chi connectivity index (χ3v) is 8.69. The van der Waals surface area contributed by atoms with E-state index in [2.05, 4.69) is 45.3 Å². The highest BCUT2D eigenvalue weighted by Gasteiger charge is 2.41. The number of hydrogen-bond donors (Lipinski definition) is 1. The molecule has 0 saturated heterocycles. The molecule has 0 aromatic carbocycles. The molecule has 0 unspecified atom stereocenters. The van der Waals surface area contributed by atoms with Crippen LogP contribution in [-0.2, 0) is 14.0 Å². The third-order valence-electron chi connectivity index (χ3n) is 4.11. The number of ether oxygens (including phenoxy) is 1. The van der Waals surface area contributed by atoms with E-state index in [-0.39, 0.29) is 17.0 Å². The van der Waals surface area contributed by atoms with Crippen molar-refractivity contribution in [2.45, 2.75) is 78.4 Å². The molecule has 0 spiro atoms. The molecule has 0 rings (SSSR count). The molecule has 3 atom stereocenters. The first kappa shape index (κ1) is 21.1. The monoisotopic (exact) mass is 328 g/mol. The normalized spacial score (nSPS) is 16.5. The summed E-state index contributed by atoms with van der Waals surface area (Å²) in [6.07, 6.45) is -0.118. The van der Waals surface area contributed by atoms with Gasteiger partial charge in [-0.3, -0.25) is 4.79 Å². The summed E-state index contributed by atoms with van der Waals surface area (Å²) in [6, 6.07) is 2.25. The number of hydrogen-bond acceptors (Lipinski definition) is 4. The molecular formula is C16H32N2O3Si. The fourth-order valence-electron chi connectivity index (χ4n) is 1.81. The Bertz CT molecular complexity index is 399. The molecule has 0 radical (unpaired) electrons. The predicted octanol–water partition coefficient (Wildman–Crippen LogP) is 3.43. The molecule has 0 aromatic heterocycles. The topological polar surface area (TPSA) is 71.3 Å². The fourth-order valence-corrected chi connectivity index (χ4v) is 3.24. The summed E-state index contributed by atoms with van der Waals surface area (Å²) < 4.78 is 11.9. The van der Waals surface area contributed by atoms with Crippen LogP contribution in [0.15, 0.2) is 0 Å². The van der Waals surface area contributed by atoms with E-state index in [9.17, 15) is 10.1 Å². The number of rotatable bonds is 8. The molecule has 22 heavy (non-hydrogen) atoms. The van der Waals surface area contributed by atoms with Crippen molar-refractivity contribution >= 4 is 14.2 Å². The minimum absolute atomic E-state index is 0.0645. The maximum absolute atomic E-state index is 11.4. The zero-order valence-electron chi connectivity index (χ0n) is 15.3. The van der Waals surface area contributed by atoms with E-state index in [0.29, 0.717) is 6.61 Å². The maximum Gasteiger partial charge on any atom is 0.218 e. The van der Waals surface area contributed by atoms with Crippen molar-refractivity contribution in [3.05, 3.63) is 0 Å². The Morgan fingerprint density at radius 1 is 1.36 bits per heavy atom. The van der Waals surface area contributed by atoms with Gasteiger partial charge < -0.3 is 14.5 Å². The van der Waals surface area contributed by atoms with Gasteiger partial charge in [0, 0.05) is 13.5 Å². The SMILES string of the molecule is CCCO[C@H](NC(C)=O)[C@H](C#N)[C@@H](C)O[Si](C)(C)C(C)(C)C. The van der Waals surface area contributed by atoms with Crippen LogP contribution in [0.25, 0.3) is 0 Å². The Morgan fingerprint density at radius 3 is 2.27 bits per heavy atom. The van der Waals surface area contributed by atoms with Crippen LogP contribution in [0.1, 0.15) is 48.0 Å². The maximum atomic E-state index is 11.4. The van der Waals surface area contributed by atoms with Gasteiger partial charge in [0.1, 0.15) is 12.1 Å². The van der Waals surface area contributed by atoms with Gasteiger partial charge >= 0.3 is 0 Å². The summed E-state index contributed by atoms with van der Waals surface area (Å²) >= 11 is 0. The van der Waals surface area contributed by atoms with Gasteiger partial charge in [-0.2, -0.15) is 5.26 Å².